The SMILES string of the molecule is COC(=O)/C(C)=C\CC1(O)C(=O)C(C)C2C3=C(OC4=C2C1(C(C)C(C)C)Oc1c(CC=C(C)C)c2c(c(OC(=O)c5ccc(O[C@@H]6O[C@H](CO)[C@@H](O)[C@H](O)[C@H]6O)cc5)c14)C=CC(C)(CCC=C(C)C)O2)c1ccccc1C3=O. The molecule has 5 N–H and O–H groups in total. The molecule has 3 aromatic rings. The highest BCUT2D eigenvalue weighted by molar-refractivity contribution is 6.22. The first-order chi connectivity index (χ1) is 36.9. The van der Waals surface area contributed by atoms with Gasteiger partial charge in [-0.05, 0) is 103 Å². The van der Waals surface area contributed by atoms with E-state index in [0.717, 1.165) is 11.1 Å². The molecule has 3 aromatic carbocycles. The van der Waals surface area contributed by atoms with Crippen molar-refractivity contribution < 1.29 is 77.9 Å². The third kappa shape index (κ3) is 9.23. The van der Waals surface area contributed by atoms with Crippen molar-refractivity contribution in [1.82, 2.24) is 0 Å². The molecule has 16 heteroatoms. The molecule has 6 aliphatic rings. The van der Waals surface area contributed by atoms with Gasteiger partial charge in [0.1, 0.15) is 64.3 Å². The molecule has 6 unspecified atom stereocenters. The average Bonchev–Trinajstić information content (AvgIpc) is 2.55. The van der Waals surface area contributed by atoms with Crippen molar-refractivity contribution >= 4 is 41.1 Å². The van der Waals surface area contributed by atoms with Crippen LogP contribution >= 0.6 is 0 Å². The summed E-state index contributed by atoms with van der Waals surface area (Å²) >= 11 is 0. The van der Waals surface area contributed by atoms with Gasteiger partial charge in [-0.15, -0.1) is 0 Å². The minimum atomic E-state index is -2.43. The summed E-state index contributed by atoms with van der Waals surface area (Å²) in [6.45, 7) is 18.3. The number of benzene rings is 3. The number of hydrogen-bond donors (Lipinski definition) is 5. The van der Waals surface area contributed by atoms with Crippen LogP contribution in [0.2, 0.25) is 0 Å². The van der Waals surface area contributed by atoms with Gasteiger partial charge in [-0.3, -0.25) is 9.59 Å². The molecule has 16 nitrogen and oxygen atoms in total. The summed E-state index contributed by atoms with van der Waals surface area (Å²) < 4.78 is 45.4. The zero-order valence-corrected chi connectivity index (χ0v) is 46.0. The fraction of sp³-hybridized carbons (Fsp3) is 0.452. The summed E-state index contributed by atoms with van der Waals surface area (Å²) in [4.78, 5) is 58.7. The Morgan fingerprint density at radius 3 is 2.17 bits per heavy atom. The molecule has 0 aromatic heterocycles. The Morgan fingerprint density at radius 1 is 0.846 bits per heavy atom. The van der Waals surface area contributed by atoms with Gasteiger partial charge in [-0.1, -0.05) is 81.3 Å². The predicted octanol–water partition coefficient (Wildman–Crippen LogP) is 8.35. The fourth-order valence-corrected chi connectivity index (χ4v) is 11.8. The number of ether oxygens (including phenoxy) is 7. The second kappa shape index (κ2) is 21.2. The number of esters is 2. The Balaban J connectivity index is 1.31. The van der Waals surface area contributed by atoms with Gasteiger partial charge in [0.15, 0.2) is 28.5 Å². The van der Waals surface area contributed by atoms with Gasteiger partial charge in [0.2, 0.25) is 6.29 Å². The van der Waals surface area contributed by atoms with E-state index in [4.69, 9.17) is 33.2 Å². The summed E-state index contributed by atoms with van der Waals surface area (Å²) in [5.41, 5.74) is -0.617. The van der Waals surface area contributed by atoms with E-state index in [-0.39, 0.29) is 69.2 Å². The topological polar surface area (TPSA) is 234 Å². The number of allylic oxidation sites excluding steroid dienone is 5. The molecule has 0 amide bonds. The molecule has 11 atom stereocenters. The predicted molar refractivity (Wildman–Crippen MR) is 288 cm³/mol. The summed E-state index contributed by atoms with van der Waals surface area (Å²) in [7, 11) is 1.25. The van der Waals surface area contributed by atoms with Gasteiger partial charge in [-0.25, -0.2) is 9.59 Å². The number of aliphatic hydroxyl groups is 5. The van der Waals surface area contributed by atoms with Crippen LogP contribution in [0.5, 0.6) is 23.0 Å². The molecule has 0 radical (unpaired) electrons. The van der Waals surface area contributed by atoms with Crippen LogP contribution in [-0.2, 0) is 30.2 Å². The van der Waals surface area contributed by atoms with Crippen LogP contribution in [0.1, 0.15) is 131 Å². The van der Waals surface area contributed by atoms with Gasteiger partial charge >= 0.3 is 11.9 Å². The Bertz CT molecular complexity index is 3140. The van der Waals surface area contributed by atoms with E-state index >= 15 is 4.79 Å². The van der Waals surface area contributed by atoms with Gasteiger partial charge in [-0.2, -0.15) is 0 Å². The molecule has 0 bridgehead atoms. The van der Waals surface area contributed by atoms with Crippen molar-refractivity contribution in [2.45, 2.75) is 142 Å². The number of fused-ring (bicyclic) bond motifs is 6. The summed E-state index contributed by atoms with van der Waals surface area (Å²) in [6.07, 6.45) is 2.76. The molecular weight excluding hydrogens is 1000 g/mol. The molecule has 414 valence electrons. The molecular formula is C62H70O16. The van der Waals surface area contributed by atoms with E-state index in [1.165, 1.54) is 44.4 Å². The zero-order valence-electron chi connectivity index (χ0n) is 46.0. The minimum absolute atomic E-state index is 0.0292. The maximum absolute atomic E-state index is 15.8. The Hall–Kier alpha value is -6.66. The van der Waals surface area contributed by atoms with E-state index < -0.39 is 96.0 Å². The van der Waals surface area contributed by atoms with Crippen molar-refractivity contribution in [2.24, 2.45) is 23.7 Å². The first-order valence-electron chi connectivity index (χ1n) is 26.6. The second-order valence-electron chi connectivity index (χ2n) is 22.4. The monoisotopic (exact) mass is 1070 g/mol. The van der Waals surface area contributed by atoms with Crippen LogP contribution < -0.4 is 18.9 Å². The molecule has 1 saturated heterocycles. The van der Waals surface area contributed by atoms with Crippen LogP contribution in [0.4, 0.5) is 0 Å². The first-order valence-corrected chi connectivity index (χ1v) is 26.6. The average molecular weight is 1070 g/mol. The molecule has 9 rings (SSSR count). The number of aliphatic hydroxyl groups excluding tert-OH is 4. The van der Waals surface area contributed by atoms with Crippen molar-refractivity contribution in [3.63, 3.8) is 0 Å². The van der Waals surface area contributed by atoms with Crippen LogP contribution in [0.15, 0.2) is 101 Å². The van der Waals surface area contributed by atoms with E-state index in [0.29, 0.717) is 46.4 Å². The third-order valence-electron chi connectivity index (χ3n) is 16.4. The van der Waals surface area contributed by atoms with Crippen molar-refractivity contribution in [3.05, 3.63) is 134 Å². The van der Waals surface area contributed by atoms with Gasteiger partial charge in [0, 0.05) is 52.0 Å². The fourth-order valence-electron chi connectivity index (χ4n) is 11.8. The summed E-state index contributed by atoms with van der Waals surface area (Å²) in [5, 5.41) is 55.0. The third-order valence-corrected chi connectivity index (χ3v) is 16.4. The number of methoxy groups -OCH3 is 1. The number of carbonyl (C=O) groups excluding carboxylic acids is 4. The maximum Gasteiger partial charge on any atom is 0.343 e. The molecule has 2 fully saturated rings. The van der Waals surface area contributed by atoms with Crippen LogP contribution in [-0.4, -0.2) is 110 Å². The Kier molecular flexibility index (Phi) is 15.2. The molecule has 1 saturated carbocycles. The lowest BCUT2D eigenvalue weighted by Gasteiger charge is -2.60. The number of ketones is 2. The number of Topliss-reactive ketones (excluding diaryl/α,β-unsaturated/α-hetero) is 2. The quantitative estimate of drug-likeness (QED) is 0.0416. The van der Waals surface area contributed by atoms with E-state index in [1.807, 2.05) is 73.6 Å². The highest BCUT2D eigenvalue weighted by Crippen LogP contribution is 2.67. The molecule has 78 heavy (non-hydrogen) atoms. The largest absolute Gasteiger partial charge is 0.482 e. The highest BCUT2D eigenvalue weighted by atomic mass is 16.7. The van der Waals surface area contributed by atoms with E-state index in [1.54, 1.807) is 31.2 Å². The van der Waals surface area contributed by atoms with Gasteiger partial charge in [0.05, 0.1) is 30.4 Å². The molecule has 4 heterocycles. The molecule has 2 aliphatic carbocycles. The summed E-state index contributed by atoms with van der Waals surface area (Å²) in [5.74, 6) is -4.74. The van der Waals surface area contributed by atoms with Gasteiger partial charge in [0.25, 0.3) is 0 Å². The lowest BCUT2D eigenvalue weighted by molar-refractivity contribution is -0.277. The number of carbonyl (C=O) groups is 4. The first kappa shape index (κ1) is 56.1. The van der Waals surface area contributed by atoms with Crippen LogP contribution in [0, 0.1) is 23.7 Å². The van der Waals surface area contributed by atoms with Crippen molar-refractivity contribution in [2.75, 3.05) is 13.7 Å². The van der Waals surface area contributed by atoms with Gasteiger partial charge < -0.3 is 58.7 Å². The van der Waals surface area contributed by atoms with Crippen LogP contribution in [0.25, 0.3) is 17.6 Å². The zero-order chi connectivity index (χ0) is 56.5. The summed E-state index contributed by atoms with van der Waals surface area (Å²) in [6, 6.07) is 12.7. The molecule has 0 spiro atoms. The highest BCUT2D eigenvalue weighted by Gasteiger charge is 2.73. The standard InChI is InChI=1S/C62H70O16/c1-30(2)15-14-26-60(10)27-25-41-51(77-60)40(23-18-31(3)4)54-45(53(41)76-58(70)36-19-21-37(22-20-36)73-59-50(67)49(66)48(65)42(29-63)74-59)55-46-43(44-47(64)38-16-12-13-17-39(38)52(44)75-55)34(8)56(68)61(71,28-24-33(7)57(69)72-11)62(46,78-54)35(9)32(5)6/h12-13,15-22,24-25,27,32,34-35,42-43,48-50,59,63,65-67,71H,14,23,26,28-29H2,1-11H3/b33-24-/t34?,35?,42-,43?,48-,49+,50-,59-,60?,61?,62?/m1/s1. The minimum Gasteiger partial charge on any atom is -0.482 e. The lowest BCUT2D eigenvalue weighted by Crippen LogP contribution is -2.74. The van der Waals surface area contributed by atoms with Crippen LogP contribution in [0.3, 0.4) is 0 Å². The Morgan fingerprint density at radius 2 is 1.53 bits per heavy atom. The lowest BCUT2D eigenvalue weighted by atomic mass is 9.51. The second-order valence-corrected chi connectivity index (χ2v) is 22.4. The van der Waals surface area contributed by atoms with E-state index in [9.17, 15) is 39.9 Å². The normalized spacial score (nSPS) is 28.9. The Labute approximate surface area is 454 Å². The van der Waals surface area contributed by atoms with Crippen molar-refractivity contribution in [1.29, 1.82) is 0 Å². The van der Waals surface area contributed by atoms with Crippen molar-refractivity contribution in [3.8, 4) is 23.0 Å². The number of rotatable bonds is 15. The number of hydrogen-bond acceptors (Lipinski definition) is 16. The maximum atomic E-state index is 15.8. The molecule has 4 aliphatic heterocycles. The van der Waals surface area contributed by atoms with E-state index in [2.05, 4.69) is 6.08 Å². The smallest absolute Gasteiger partial charge is 0.343 e.